The van der Waals surface area contributed by atoms with Gasteiger partial charge in [-0.1, -0.05) is 20.3 Å². The molecule has 94 valence electrons. The Morgan fingerprint density at radius 1 is 1.35 bits per heavy atom. The molecule has 2 N–H and O–H groups in total. The molecule has 17 heavy (non-hydrogen) atoms. The number of amides is 1. The maximum atomic E-state index is 11.8. The van der Waals surface area contributed by atoms with Crippen molar-refractivity contribution in [1.29, 1.82) is 0 Å². The lowest BCUT2D eigenvalue weighted by Crippen LogP contribution is -2.15. The van der Waals surface area contributed by atoms with E-state index in [2.05, 4.69) is 19.2 Å². The van der Waals surface area contributed by atoms with Crippen LogP contribution in [0.25, 0.3) is 0 Å². The minimum absolute atomic E-state index is 0.0348. The second kappa shape index (κ2) is 5.71. The topological polar surface area (TPSA) is 49.3 Å². The smallest absolute Gasteiger partial charge is 0.224 e. The number of benzene rings is 1. The van der Waals surface area contributed by atoms with Crippen molar-refractivity contribution in [3.8, 4) is 5.75 Å². The molecule has 0 aliphatic carbocycles. The number of anilines is 1. The van der Waals surface area contributed by atoms with Crippen LogP contribution in [0.4, 0.5) is 5.69 Å². The number of aryl methyl sites for hydroxylation is 2. The van der Waals surface area contributed by atoms with E-state index in [1.807, 2.05) is 13.8 Å². The fourth-order valence-corrected chi connectivity index (χ4v) is 1.60. The molecule has 0 spiro atoms. The molecular formula is C14H21NO2. The van der Waals surface area contributed by atoms with Gasteiger partial charge in [-0.25, -0.2) is 0 Å². The molecule has 1 rings (SSSR count). The molecule has 1 unspecified atom stereocenters. The van der Waals surface area contributed by atoms with E-state index in [0.717, 1.165) is 23.2 Å². The van der Waals surface area contributed by atoms with Crippen LogP contribution in [0.2, 0.25) is 0 Å². The molecule has 0 fully saturated rings. The summed E-state index contributed by atoms with van der Waals surface area (Å²) in [5.41, 5.74) is 2.44. The first-order chi connectivity index (χ1) is 7.93. The number of phenols is 1. The second-order valence-corrected chi connectivity index (χ2v) is 4.72. The zero-order chi connectivity index (χ0) is 13.0. The summed E-state index contributed by atoms with van der Waals surface area (Å²) in [4.78, 5) is 11.8. The third-order valence-electron chi connectivity index (χ3n) is 3.05. The normalized spacial score (nSPS) is 12.2. The lowest BCUT2D eigenvalue weighted by atomic mass is 10.0. The Labute approximate surface area is 103 Å². The largest absolute Gasteiger partial charge is 0.508 e. The van der Waals surface area contributed by atoms with Crippen LogP contribution in [0.5, 0.6) is 5.75 Å². The van der Waals surface area contributed by atoms with Gasteiger partial charge in [0.05, 0.1) is 0 Å². The van der Waals surface area contributed by atoms with Crippen LogP contribution in [0.3, 0.4) is 0 Å². The Bertz CT molecular complexity index is 413. The third-order valence-corrected chi connectivity index (χ3v) is 3.05. The van der Waals surface area contributed by atoms with Crippen LogP contribution < -0.4 is 5.32 Å². The van der Waals surface area contributed by atoms with Crippen LogP contribution in [-0.2, 0) is 4.79 Å². The Balaban J connectivity index is 2.75. The summed E-state index contributed by atoms with van der Waals surface area (Å²) < 4.78 is 0. The second-order valence-electron chi connectivity index (χ2n) is 4.72. The van der Waals surface area contributed by atoms with Gasteiger partial charge < -0.3 is 10.4 Å². The van der Waals surface area contributed by atoms with Gasteiger partial charge in [0.2, 0.25) is 5.91 Å². The molecule has 1 amide bonds. The molecule has 0 saturated heterocycles. The molecule has 0 heterocycles. The van der Waals surface area contributed by atoms with Crippen molar-refractivity contribution < 1.29 is 9.90 Å². The molecule has 0 aliphatic rings. The standard InChI is InChI=1S/C14H21NO2/c1-5-9(2)6-14(17)15-12-7-11(4)13(16)8-10(12)3/h7-9,16H,5-6H2,1-4H3,(H,15,17). The van der Waals surface area contributed by atoms with Gasteiger partial charge in [0.15, 0.2) is 0 Å². The molecule has 0 aromatic heterocycles. The maximum Gasteiger partial charge on any atom is 0.224 e. The first-order valence-electron chi connectivity index (χ1n) is 6.04. The first kappa shape index (κ1) is 13.6. The summed E-state index contributed by atoms with van der Waals surface area (Å²) in [6.45, 7) is 7.83. The van der Waals surface area contributed by atoms with E-state index in [1.54, 1.807) is 12.1 Å². The zero-order valence-corrected chi connectivity index (χ0v) is 11.0. The maximum absolute atomic E-state index is 11.8. The molecule has 0 saturated carbocycles. The van der Waals surface area contributed by atoms with Crippen molar-refractivity contribution in [3.63, 3.8) is 0 Å². The van der Waals surface area contributed by atoms with Crippen molar-refractivity contribution in [2.45, 2.75) is 40.5 Å². The van der Waals surface area contributed by atoms with E-state index in [0.29, 0.717) is 12.3 Å². The fraction of sp³-hybridized carbons (Fsp3) is 0.500. The minimum atomic E-state index is 0.0348. The summed E-state index contributed by atoms with van der Waals surface area (Å²) in [5, 5.41) is 12.4. The predicted molar refractivity (Wildman–Crippen MR) is 70.3 cm³/mol. The number of aromatic hydroxyl groups is 1. The Morgan fingerprint density at radius 2 is 2.00 bits per heavy atom. The highest BCUT2D eigenvalue weighted by Crippen LogP contribution is 2.25. The van der Waals surface area contributed by atoms with Gasteiger partial charge in [0, 0.05) is 12.1 Å². The van der Waals surface area contributed by atoms with Gasteiger partial charge >= 0.3 is 0 Å². The molecule has 0 radical (unpaired) electrons. The average Bonchev–Trinajstić information content (AvgIpc) is 2.25. The van der Waals surface area contributed by atoms with Gasteiger partial charge in [-0.15, -0.1) is 0 Å². The summed E-state index contributed by atoms with van der Waals surface area (Å²) in [5.74, 6) is 0.698. The van der Waals surface area contributed by atoms with E-state index in [4.69, 9.17) is 0 Å². The number of hydrogen-bond acceptors (Lipinski definition) is 2. The van der Waals surface area contributed by atoms with Gasteiger partial charge in [0.25, 0.3) is 0 Å². The number of carbonyl (C=O) groups is 1. The minimum Gasteiger partial charge on any atom is -0.508 e. The monoisotopic (exact) mass is 235 g/mol. The summed E-state index contributed by atoms with van der Waals surface area (Å²) in [7, 11) is 0. The summed E-state index contributed by atoms with van der Waals surface area (Å²) >= 11 is 0. The van der Waals surface area contributed by atoms with Gasteiger partial charge in [-0.05, 0) is 43.0 Å². The highest BCUT2D eigenvalue weighted by Gasteiger charge is 2.10. The highest BCUT2D eigenvalue weighted by atomic mass is 16.3. The first-order valence-corrected chi connectivity index (χ1v) is 6.04. The Hall–Kier alpha value is -1.51. The van der Waals surface area contributed by atoms with Crippen molar-refractivity contribution in [2.24, 2.45) is 5.92 Å². The van der Waals surface area contributed by atoms with Gasteiger partial charge in [-0.2, -0.15) is 0 Å². The molecule has 1 atom stereocenters. The van der Waals surface area contributed by atoms with Crippen molar-refractivity contribution in [3.05, 3.63) is 23.3 Å². The number of hydrogen-bond donors (Lipinski definition) is 2. The van der Waals surface area contributed by atoms with E-state index in [-0.39, 0.29) is 11.7 Å². The van der Waals surface area contributed by atoms with Crippen LogP contribution >= 0.6 is 0 Å². The van der Waals surface area contributed by atoms with E-state index in [9.17, 15) is 9.90 Å². The van der Waals surface area contributed by atoms with E-state index >= 15 is 0 Å². The Morgan fingerprint density at radius 3 is 2.59 bits per heavy atom. The number of nitrogens with one attached hydrogen (secondary N) is 1. The average molecular weight is 235 g/mol. The molecule has 1 aromatic rings. The summed E-state index contributed by atoms with van der Waals surface area (Å²) in [6.07, 6.45) is 1.54. The van der Waals surface area contributed by atoms with Crippen molar-refractivity contribution >= 4 is 11.6 Å². The molecule has 1 aromatic carbocycles. The fourth-order valence-electron chi connectivity index (χ4n) is 1.60. The van der Waals surface area contributed by atoms with Crippen LogP contribution in [0, 0.1) is 19.8 Å². The van der Waals surface area contributed by atoms with Crippen LogP contribution in [0.1, 0.15) is 37.8 Å². The number of phenolic OH excluding ortho intramolecular Hbond substituents is 1. The van der Waals surface area contributed by atoms with Crippen molar-refractivity contribution in [2.75, 3.05) is 5.32 Å². The highest BCUT2D eigenvalue weighted by molar-refractivity contribution is 5.91. The van der Waals surface area contributed by atoms with E-state index in [1.165, 1.54) is 0 Å². The Kier molecular flexibility index (Phi) is 4.55. The third kappa shape index (κ3) is 3.77. The summed E-state index contributed by atoms with van der Waals surface area (Å²) in [6, 6.07) is 3.48. The van der Waals surface area contributed by atoms with Crippen molar-refractivity contribution in [1.82, 2.24) is 0 Å². The molecule has 0 bridgehead atoms. The molecule has 0 aliphatic heterocycles. The molecular weight excluding hydrogens is 214 g/mol. The number of rotatable bonds is 4. The quantitative estimate of drug-likeness (QED) is 0.786. The van der Waals surface area contributed by atoms with Gasteiger partial charge in [-0.3, -0.25) is 4.79 Å². The SMILES string of the molecule is CCC(C)CC(=O)Nc1cc(C)c(O)cc1C. The zero-order valence-electron chi connectivity index (χ0n) is 11.0. The number of carbonyl (C=O) groups excluding carboxylic acids is 1. The lowest BCUT2D eigenvalue weighted by Gasteiger charge is -2.12. The predicted octanol–water partition coefficient (Wildman–Crippen LogP) is 3.38. The lowest BCUT2D eigenvalue weighted by molar-refractivity contribution is -0.117. The van der Waals surface area contributed by atoms with Crippen LogP contribution in [0.15, 0.2) is 12.1 Å². The van der Waals surface area contributed by atoms with Crippen LogP contribution in [-0.4, -0.2) is 11.0 Å². The molecule has 3 nitrogen and oxygen atoms in total. The van der Waals surface area contributed by atoms with E-state index < -0.39 is 0 Å². The van der Waals surface area contributed by atoms with Gasteiger partial charge in [0.1, 0.15) is 5.75 Å². The molecule has 3 heteroatoms.